The van der Waals surface area contributed by atoms with Crippen molar-refractivity contribution in [1.29, 1.82) is 0 Å². The second-order valence-corrected chi connectivity index (χ2v) is 9.71. The van der Waals surface area contributed by atoms with Gasteiger partial charge in [0.1, 0.15) is 10.8 Å². The van der Waals surface area contributed by atoms with Gasteiger partial charge in [-0.1, -0.05) is 23.5 Å². The molecule has 1 aromatic carbocycles. The summed E-state index contributed by atoms with van der Waals surface area (Å²) in [6.45, 7) is 4.60. The summed E-state index contributed by atoms with van der Waals surface area (Å²) in [7, 11) is -3.15. The first-order valence-electron chi connectivity index (χ1n) is 8.92. The third-order valence-electron chi connectivity index (χ3n) is 4.48. The number of aromatic nitrogens is 2. The Kier molecular flexibility index (Phi) is 6.70. The van der Waals surface area contributed by atoms with Crippen LogP contribution in [-0.2, 0) is 23.1 Å². The highest BCUT2D eigenvalue weighted by atomic mass is 32.2. The standard InChI is InChI=1S/C17H22FN5O3S2/c1-2-28(25,26)23-9-7-22(8-10-23)12-15-20-21-17(27-15)16(24)19-11-13-3-5-14(18)6-4-13/h3-6H,2,7-12H2,1H3,(H,19,24). The molecule has 2 heterocycles. The second kappa shape index (κ2) is 9.03. The Labute approximate surface area is 167 Å². The van der Waals surface area contributed by atoms with Crippen molar-refractivity contribution in [2.45, 2.75) is 20.0 Å². The molecule has 8 nitrogen and oxygen atoms in total. The summed E-state index contributed by atoms with van der Waals surface area (Å²) in [6.07, 6.45) is 0. The normalized spacial score (nSPS) is 16.2. The molecule has 2 aromatic rings. The van der Waals surface area contributed by atoms with E-state index in [1.807, 2.05) is 0 Å². The van der Waals surface area contributed by atoms with Gasteiger partial charge in [0.2, 0.25) is 15.0 Å². The molecule has 1 amide bonds. The van der Waals surface area contributed by atoms with Gasteiger partial charge in [-0.25, -0.2) is 12.8 Å². The molecule has 1 N–H and O–H groups in total. The van der Waals surface area contributed by atoms with Crippen molar-refractivity contribution in [3.63, 3.8) is 0 Å². The minimum atomic E-state index is -3.15. The van der Waals surface area contributed by atoms with E-state index in [0.717, 1.165) is 5.56 Å². The van der Waals surface area contributed by atoms with Crippen LogP contribution in [0.4, 0.5) is 4.39 Å². The van der Waals surface area contributed by atoms with E-state index in [0.29, 0.717) is 37.7 Å². The van der Waals surface area contributed by atoms with Crippen LogP contribution in [0.1, 0.15) is 27.3 Å². The number of hydrogen-bond donors (Lipinski definition) is 1. The number of carbonyl (C=O) groups is 1. The van der Waals surface area contributed by atoms with E-state index in [1.54, 1.807) is 19.1 Å². The van der Waals surface area contributed by atoms with Crippen LogP contribution in [0, 0.1) is 5.82 Å². The molecule has 0 bridgehead atoms. The van der Waals surface area contributed by atoms with Gasteiger partial charge in [-0.3, -0.25) is 9.69 Å². The van der Waals surface area contributed by atoms with E-state index >= 15 is 0 Å². The van der Waals surface area contributed by atoms with Gasteiger partial charge in [-0.05, 0) is 24.6 Å². The first-order valence-corrected chi connectivity index (χ1v) is 11.3. The van der Waals surface area contributed by atoms with E-state index in [1.165, 1.54) is 27.8 Å². The van der Waals surface area contributed by atoms with Crippen molar-refractivity contribution in [2.24, 2.45) is 0 Å². The molecular weight excluding hydrogens is 405 g/mol. The molecule has 0 unspecified atom stereocenters. The Hall–Kier alpha value is -1.95. The molecule has 1 saturated heterocycles. The number of nitrogens with zero attached hydrogens (tertiary/aromatic N) is 4. The molecular formula is C17H22FN5O3S2. The molecule has 3 rings (SSSR count). The number of nitrogens with one attached hydrogen (secondary N) is 1. The minimum absolute atomic E-state index is 0.111. The predicted octanol–water partition coefficient (Wildman–Crippen LogP) is 1.07. The van der Waals surface area contributed by atoms with E-state index in [2.05, 4.69) is 20.4 Å². The lowest BCUT2D eigenvalue weighted by Gasteiger charge is -2.33. The summed E-state index contributed by atoms with van der Waals surface area (Å²) in [6, 6.07) is 5.91. The fourth-order valence-corrected chi connectivity index (χ4v) is 4.69. The van der Waals surface area contributed by atoms with E-state index in [4.69, 9.17) is 0 Å². The monoisotopic (exact) mass is 427 g/mol. The van der Waals surface area contributed by atoms with Crippen LogP contribution in [-0.4, -0.2) is 65.7 Å². The number of piperazine rings is 1. The molecule has 1 aliphatic rings. The zero-order valence-electron chi connectivity index (χ0n) is 15.5. The van der Waals surface area contributed by atoms with Gasteiger partial charge < -0.3 is 5.32 Å². The third kappa shape index (κ3) is 5.31. The lowest BCUT2D eigenvalue weighted by atomic mass is 10.2. The number of benzene rings is 1. The van der Waals surface area contributed by atoms with Gasteiger partial charge >= 0.3 is 0 Å². The topological polar surface area (TPSA) is 95.5 Å². The lowest BCUT2D eigenvalue weighted by molar-refractivity contribution is 0.0950. The Morgan fingerprint density at radius 2 is 1.86 bits per heavy atom. The zero-order chi connectivity index (χ0) is 20.1. The van der Waals surface area contributed by atoms with Crippen LogP contribution in [0.15, 0.2) is 24.3 Å². The van der Waals surface area contributed by atoms with Crippen molar-refractivity contribution >= 4 is 27.3 Å². The van der Waals surface area contributed by atoms with E-state index < -0.39 is 10.0 Å². The van der Waals surface area contributed by atoms with Crippen molar-refractivity contribution < 1.29 is 17.6 Å². The number of rotatable bonds is 7. The first kappa shape index (κ1) is 20.8. The summed E-state index contributed by atoms with van der Waals surface area (Å²) < 4.78 is 38.2. The molecule has 0 radical (unpaired) electrons. The van der Waals surface area contributed by atoms with E-state index in [9.17, 15) is 17.6 Å². The molecule has 1 fully saturated rings. The fourth-order valence-electron chi connectivity index (χ4n) is 2.81. The highest BCUT2D eigenvalue weighted by Gasteiger charge is 2.26. The van der Waals surface area contributed by atoms with Crippen molar-refractivity contribution in [3.8, 4) is 0 Å². The van der Waals surface area contributed by atoms with Gasteiger partial charge in [0.05, 0.1) is 12.3 Å². The summed E-state index contributed by atoms with van der Waals surface area (Å²) in [5, 5.41) is 11.7. The van der Waals surface area contributed by atoms with Crippen LogP contribution >= 0.6 is 11.3 Å². The molecule has 0 saturated carbocycles. The molecule has 1 aliphatic heterocycles. The molecule has 11 heteroatoms. The van der Waals surface area contributed by atoms with Crippen molar-refractivity contribution in [2.75, 3.05) is 31.9 Å². The Morgan fingerprint density at radius 1 is 1.18 bits per heavy atom. The van der Waals surface area contributed by atoms with Crippen molar-refractivity contribution in [3.05, 3.63) is 45.7 Å². The van der Waals surface area contributed by atoms with Gasteiger partial charge in [-0.2, -0.15) is 4.31 Å². The largest absolute Gasteiger partial charge is 0.346 e. The summed E-state index contributed by atoms with van der Waals surface area (Å²) in [5.41, 5.74) is 0.791. The molecule has 0 spiro atoms. The highest BCUT2D eigenvalue weighted by Crippen LogP contribution is 2.15. The van der Waals surface area contributed by atoms with Crippen molar-refractivity contribution in [1.82, 2.24) is 24.7 Å². The van der Waals surface area contributed by atoms with Crippen LogP contribution in [0.5, 0.6) is 0 Å². The molecule has 152 valence electrons. The fraction of sp³-hybridized carbons (Fsp3) is 0.471. The maximum absolute atomic E-state index is 12.9. The Bertz CT molecular complexity index is 909. The van der Waals surface area contributed by atoms with Gasteiger partial charge in [0, 0.05) is 32.7 Å². The molecule has 1 aromatic heterocycles. The molecule has 0 aliphatic carbocycles. The minimum Gasteiger partial charge on any atom is -0.346 e. The lowest BCUT2D eigenvalue weighted by Crippen LogP contribution is -2.48. The van der Waals surface area contributed by atoms with Crippen LogP contribution in [0.3, 0.4) is 0 Å². The van der Waals surface area contributed by atoms with E-state index in [-0.39, 0.29) is 29.0 Å². The predicted molar refractivity (Wildman–Crippen MR) is 104 cm³/mol. The van der Waals surface area contributed by atoms with Crippen LogP contribution in [0.2, 0.25) is 0 Å². The first-order chi connectivity index (χ1) is 13.4. The average Bonchev–Trinajstić information content (AvgIpc) is 3.16. The zero-order valence-corrected chi connectivity index (χ0v) is 17.1. The van der Waals surface area contributed by atoms with Gasteiger partial charge in [-0.15, -0.1) is 10.2 Å². The Morgan fingerprint density at radius 3 is 2.50 bits per heavy atom. The average molecular weight is 428 g/mol. The third-order valence-corrected chi connectivity index (χ3v) is 7.26. The number of hydrogen-bond acceptors (Lipinski definition) is 7. The van der Waals surface area contributed by atoms with Gasteiger partial charge in [0.25, 0.3) is 5.91 Å². The van der Waals surface area contributed by atoms with Crippen LogP contribution in [0.25, 0.3) is 0 Å². The number of carbonyl (C=O) groups excluding carboxylic acids is 1. The second-order valence-electron chi connectivity index (χ2n) is 6.39. The van der Waals surface area contributed by atoms with Crippen LogP contribution < -0.4 is 5.32 Å². The molecule has 0 atom stereocenters. The number of sulfonamides is 1. The van der Waals surface area contributed by atoms with Gasteiger partial charge in [0.15, 0.2) is 0 Å². The maximum Gasteiger partial charge on any atom is 0.282 e. The number of amides is 1. The molecule has 28 heavy (non-hydrogen) atoms. The number of halogens is 1. The summed E-state index contributed by atoms with van der Waals surface area (Å²) >= 11 is 1.22. The maximum atomic E-state index is 12.9. The summed E-state index contributed by atoms with van der Waals surface area (Å²) in [4.78, 5) is 14.3. The summed E-state index contributed by atoms with van der Waals surface area (Å²) in [5.74, 6) is -0.538. The Balaban J connectivity index is 1.49. The highest BCUT2D eigenvalue weighted by molar-refractivity contribution is 7.89. The quantitative estimate of drug-likeness (QED) is 0.710. The SMILES string of the molecule is CCS(=O)(=O)N1CCN(Cc2nnc(C(=O)NCc3ccc(F)cc3)s2)CC1. The smallest absolute Gasteiger partial charge is 0.282 e.